The van der Waals surface area contributed by atoms with E-state index in [9.17, 15) is 0 Å². The Morgan fingerprint density at radius 3 is 2.30 bits per heavy atom. The Hall–Kier alpha value is -0.610. The Balaban J connectivity index is 2.26. The molecule has 1 aromatic carbocycles. The summed E-state index contributed by atoms with van der Waals surface area (Å²) < 4.78 is 1.85. The molecule has 1 aromatic heterocycles. The molecule has 108 valence electrons. The normalized spacial score (nSPS) is 10.9. The van der Waals surface area contributed by atoms with Crippen molar-refractivity contribution in [1.29, 1.82) is 0 Å². The van der Waals surface area contributed by atoms with E-state index in [2.05, 4.69) is 10.4 Å². The Morgan fingerprint density at radius 1 is 1.15 bits per heavy atom. The van der Waals surface area contributed by atoms with Gasteiger partial charge in [0.25, 0.3) is 0 Å². The van der Waals surface area contributed by atoms with Crippen molar-refractivity contribution < 1.29 is 0 Å². The van der Waals surface area contributed by atoms with Gasteiger partial charge in [-0.3, -0.25) is 4.68 Å². The molecule has 0 aliphatic rings. The van der Waals surface area contributed by atoms with E-state index in [1.54, 1.807) is 12.1 Å². The molecule has 0 radical (unpaired) electrons. The van der Waals surface area contributed by atoms with Crippen LogP contribution in [0.4, 0.5) is 5.69 Å². The van der Waals surface area contributed by atoms with Gasteiger partial charge in [-0.25, -0.2) is 0 Å². The topological polar surface area (TPSA) is 29.9 Å². The zero-order valence-electron chi connectivity index (χ0n) is 11.0. The maximum Gasteiger partial charge on any atom is 0.0865 e. The van der Waals surface area contributed by atoms with Crippen LogP contribution in [0, 0.1) is 6.92 Å². The van der Waals surface area contributed by atoms with Crippen molar-refractivity contribution in [3.05, 3.63) is 43.6 Å². The molecule has 3 nitrogen and oxygen atoms in total. The first kappa shape index (κ1) is 15.8. The predicted octanol–water partition coefficient (Wildman–Crippen LogP) is 5.44. The van der Waals surface area contributed by atoms with E-state index in [4.69, 9.17) is 46.4 Å². The molecule has 0 amide bonds. The van der Waals surface area contributed by atoms with Crippen LogP contribution in [0.5, 0.6) is 0 Å². The first-order valence-corrected chi connectivity index (χ1v) is 7.55. The van der Waals surface area contributed by atoms with E-state index in [0.717, 1.165) is 17.9 Å². The fraction of sp³-hybridized carbons (Fsp3) is 0.308. The van der Waals surface area contributed by atoms with Crippen LogP contribution in [0.15, 0.2) is 12.1 Å². The monoisotopic (exact) mass is 351 g/mol. The van der Waals surface area contributed by atoms with Gasteiger partial charge in [-0.15, -0.1) is 0 Å². The van der Waals surface area contributed by atoms with E-state index in [1.807, 2.05) is 18.5 Å². The highest BCUT2D eigenvalue weighted by molar-refractivity contribution is 6.41. The fourth-order valence-electron chi connectivity index (χ4n) is 1.92. The predicted molar refractivity (Wildman–Crippen MR) is 86.4 cm³/mol. The minimum atomic E-state index is 0.470. The number of nitrogens with zero attached hydrogens (tertiary/aromatic N) is 2. The van der Waals surface area contributed by atoms with Gasteiger partial charge in [0.1, 0.15) is 0 Å². The molecular weight excluding hydrogens is 340 g/mol. The third kappa shape index (κ3) is 3.17. The van der Waals surface area contributed by atoms with Crippen molar-refractivity contribution in [2.24, 2.45) is 0 Å². The van der Waals surface area contributed by atoms with Crippen LogP contribution in [0.25, 0.3) is 0 Å². The first-order valence-electron chi connectivity index (χ1n) is 6.04. The van der Waals surface area contributed by atoms with Crippen LogP contribution in [0.3, 0.4) is 0 Å². The second-order valence-corrected chi connectivity index (χ2v) is 5.89. The number of anilines is 1. The quantitative estimate of drug-likeness (QED) is 0.794. The summed E-state index contributed by atoms with van der Waals surface area (Å²) >= 11 is 24.4. The first-order chi connectivity index (χ1) is 9.43. The second-order valence-electron chi connectivity index (χ2n) is 4.26. The Kier molecular flexibility index (Phi) is 5.08. The highest BCUT2D eigenvalue weighted by atomic mass is 35.5. The summed E-state index contributed by atoms with van der Waals surface area (Å²) in [7, 11) is 0. The zero-order valence-corrected chi connectivity index (χ0v) is 14.0. The average Bonchev–Trinajstić information content (AvgIpc) is 2.64. The smallest absolute Gasteiger partial charge is 0.0865 e. The molecule has 0 bridgehead atoms. The van der Waals surface area contributed by atoms with E-state index >= 15 is 0 Å². The van der Waals surface area contributed by atoms with Crippen LogP contribution in [-0.2, 0) is 13.1 Å². The number of benzene rings is 1. The minimum Gasteiger partial charge on any atom is -0.377 e. The van der Waals surface area contributed by atoms with Gasteiger partial charge in [0.15, 0.2) is 0 Å². The summed E-state index contributed by atoms with van der Waals surface area (Å²) in [5.41, 5.74) is 2.34. The van der Waals surface area contributed by atoms with Crippen molar-refractivity contribution in [3.63, 3.8) is 0 Å². The van der Waals surface area contributed by atoms with E-state index in [-0.39, 0.29) is 0 Å². The molecular formula is C13H13Cl4N3. The van der Waals surface area contributed by atoms with Crippen molar-refractivity contribution in [2.75, 3.05) is 5.32 Å². The van der Waals surface area contributed by atoms with Gasteiger partial charge in [-0.2, -0.15) is 5.10 Å². The lowest BCUT2D eigenvalue weighted by atomic mass is 10.3. The molecule has 0 saturated carbocycles. The molecule has 1 heterocycles. The van der Waals surface area contributed by atoms with Gasteiger partial charge in [-0.1, -0.05) is 46.4 Å². The highest BCUT2D eigenvalue weighted by Gasteiger charge is 2.14. The number of nitrogens with one attached hydrogen (secondary N) is 1. The summed E-state index contributed by atoms with van der Waals surface area (Å²) in [6, 6.07) is 3.28. The molecule has 20 heavy (non-hydrogen) atoms. The molecule has 0 aliphatic carbocycles. The summed E-state index contributed by atoms with van der Waals surface area (Å²) in [5.74, 6) is 0. The van der Waals surface area contributed by atoms with Gasteiger partial charge in [0.05, 0.1) is 38.7 Å². The van der Waals surface area contributed by atoms with Gasteiger partial charge in [0.2, 0.25) is 0 Å². The lowest BCUT2D eigenvalue weighted by Crippen LogP contribution is -2.08. The van der Waals surface area contributed by atoms with Crippen molar-refractivity contribution in [3.8, 4) is 0 Å². The summed E-state index contributed by atoms with van der Waals surface area (Å²) in [4.78, 5) is 0. The number of aryl methyl sites for hydroxylation is 2. The van der Waals surface area contributed by atoms with Crippen LogP contribution in [0.1, 0.15) is 18.3 Å². The fourth-order valence-corrected chi connectivity index (χ4v) is 3.07. The van der Waals surface area contributed by atoms with Gasteiger partial charge < -0.3 is 5.32 Å². The van der Waals surface area contributed by atoms with Crippen LogP contribution in [-0.4, -0.2) is 9.78 Å². The van der Waals surface area contributed by atoms with Crippen LogP contribution >= 0.6 is 46.4 Å². The van der Waals surface area contributed by atoms with Gasteiger partial charge in [0, 0.05) is 11.6 Å². The van der Waals surface area contributed by atoms with Crippen LogP contribution < -0.4 is 5.32 Å². The molecule has 0 unspecified atom stereocenters. The molecule has 1 N–H and O–H groups in total. The zero-order chi connectivity index (χ0) is 14.9. The minimum absolute atomic E-state index is 0.470. The molecule has 0 fully saturated rings. The third-order valence-electron chi connectivity index (χ3n) is 2.89. The van der Waals surface area contributed by atoms with Gasteiger partial charge in [-0.05, 0) is 26.0 Å². The Morgan fingerprint density at radius 2 is 1.75 bits per heavy atom. The lowest BCUT2D eigenvalue weighted by molar-refractivity contribution is 0.623. The summed E-state index contributed by atoms with van der Waals surface area (Å²) in [5, 5.41) is 9.64. The van der Waals surface area contributed by atoms with Crippen molar-refractivity contribution in [1.82, 2.24) is 9.78 Å². The maximum absolute atomic E-state index is 6.25. The molecule has 2 aromatic rings. The molecule has 0 spiro atoms. The molecule has 2 rings (SSSR count). The number of halogens is 4. The standard InChI is InChI=1S/C13H13Cl4N3/c1-3-20-11(12(17)7(2)19-20)6-18-13-9(15)4-8(14)5-10(13)16/h4-5,18H,3,6H2,1-2H3. The molecule has 0 saturated heterocycles. The second kappa shape index (κ2) is 6.44. The van der Waals surface area contributed by atoms with E-state index < -0.39 is 0 Å². The lowest BCUT2D eigenvalue weighted by Gasteiger charge is -2.12. The Bertz CT molecular complexity index is 614. The maximum atomic E-state index is 6.25. The summed E-state index contributed by atoms with van der Waals surface area (Å²) in [6.07, 6.45) is 0. The average molecular weight is 353 g/mol. The van der Waals surface area contributed by atoms with E-state index in [1.165, 1.54) is 0 Å². The van der Waals surface area contributed by atoms with E-state index in [0.29, 0.717) is 32.3 Å². The van der Waals surface area contributed by atoms with Gasteiger partial charge >= 0.3 is 0 Å². The number of rotatable bonds is 4. The molecule has 0 atom stereocenters. The molecule has 7 heteroatoms. The number of hydrogen-bond acceptors (Lipinski definition) is 2. The largest absolute Gasteiger partial charge is 0.377 e. The number of hydrogen-bond donors (Lipinski definition) is 1. The third-order valence-corrected chi connectivity index (χ3v) is 4.20. The number of aromatic nitrogens is 2. The molecule has 0 aliphatic heterocycles. The van der Waals surface area contributed by atoms with Crippen LogP contribution in [0.2, 0.25) is 20.1 Å². The van der Waals surface area contributed by atoms with Crippen molar-refractivity contribution in [2.45, 2.75) is 26.9 Å². The highest BCUT2D eigenvalue weighted by Crippen LogP contribution is 2.34. The van der Waals surface area contributed by atoms with Crippen molar-refractivity contribution >= 4 is 52.1 Å². The SMILES string of the molecule is CCn1nc(C)c(Cl)c1CNc1c(Cl)cc(Cl)cc1Cl. The summed E-state index contributed by atoms with van der Waals surface area (Å²) in [6.45, 7) is 5.11. The Labute approximate surface area is 137 Å².